The van der Waals surface area contributed by atoms with E-state index in [4.69, 9.17) is 10.00 Å². The zero-order chi connectivity index (χ0) is 19.9. The summed E-state index contributed by atoms with van der Waals surface area (Å²) in [6, 6.07) is 10.9. The van der Waals surface area contributed by atoms with Gasteiger partial charge in [-0.25, -0.2) is 8.42 Å². The number of sulfonamides is 1. The molecule has 8 nitrogen and oxygen atoms in total. The predicted octanol–water partition coefficient (Wildman–Crippen LogP) is 1.32. The molecule has 0 fully saturated rings. The summed E-state index contributed by atoms with van der Waals surface area (Å²) >= 11 is 1.49. The monoisotopic (exact) mass is 407 g/mol. The van der Waals surface area contributed by atoms with E-state index in [1.807, 2.05) is 17.5 Å². The third-order valence-electron chi connectivity index (χ3n) is 3.42. The van der Waals surface area contributed by atoms with Crippen molar-refractivity contribution in [2.45, 2.75) is 17.9 Å². The summed E-state index contributed by atoms with van der Waals surface area (Å²) in [5.41, 5.74) is -0.0414. The molecule has 1 aromatic carbocycles. The second-order valence-electron chi connectivity index (χ2n) is 5.40. The number of carbonyl (C=O) groups excluding carboxylic acids is 2. The number of nitrogens with one attached hydrogen (secondary N) is 2. The Kier molecular flexibility index (Phi) is 7.06. The Hall–Kier alpha value is -2.74. The molecule has 1 aromatic heterocycles. The Morgan fingerprint density at radius 1 is 1.26 bits per heavy atom. The summed E-state index contributed by atoms with van der Waals surface area (Å²) in [6.07, 6.45) is 0. The van der Waals surface area contributed by atoms with Crippen LogP contribution in [-0.2, 0) is 24.3 Å². The fourth-order valence-electron chi connectivity index (χ4n) is 2.11. The molecule has 2 N–H and O–H groups in total. The van der Waals surface area contributed by atoms with E-state index in [9.17, 15) is 18.0 Å². The minimum absolute atomic E-state index is 0.0414. The van der Waals surface area contributed by atoms with Crippen LogP contribution in [0.4, 0.5) is 0 Å². The molecule has 142 valence electrons. The van der Waals surface area contributed by atoms with E-state index in [1.54, 1.807) is 13.0 Å². The molecule has 1 atom stereocenters. The second-order valence-corrected chi connectivity index (χ2v) is 8.11. The van der Waals surface area contributed by atoms with E-state index in [0.717, 1.165) is 4.88 Å². The lowest BCUT2D eigenvalue weighted by atomic mass is 10.2. The average Bonchev–Trinajstić information content (AvgIpc) is 3.19. The molecular weight excluding hydrogens is 390 g/mol. The molecule has 0 unspecified atom stereocenters. The molecule has 0 spiro atoms. The molecule has 2 rings (SSSR count). The van der Waals surface area contributed by atoms with Crippen molar-refractivity contribution < 1.29 is 22.7 Å². The fraction of sp³-hybridized carbons (Fsp3) is 0.235. The van der Waals surface area contributed by atoms with Crippen molar-refractivity contribution in [2.75, 3.05) is 13.2 Å². The van der Waals surface area contributed by atoms with Crippen LogP contribution in [0.3, 0.4) is 0 Å². The van der Waals surface area contributed by atoms with Gasteiger partial charge in [0, 0.05) is 4.88 Å². The lowest BCUT2D eigenvalue weighted by Crippen LogP contribution is -2.34. The molecule has 0 saturated carbocycles. The van der Waals surface area contributed by atoms with Gasteiger partial charge in [0.25, 0.3) is 5.91 Å². The van der Waals surface area contributed by atoms with Crippen LogP contribution in [0.5, 0.6) is 0 Å². The number of benzene rings is 1. The molecule has 0 saturated heterocycles. The van der Waals surface area contributed by atoms with Gasteiger partial charge in [-0.15, -0.1) is 11.3 Å². The van der Waals surface area contributed by atoms with Crippen LogP contribution in [0.25, 0.3) is 0 Å². The highest BCUT2D eigenvalue weighted by Gasteiger charge is 2.20. The standard InChI is InChI=1S/C17H17N3O5S2/c1-12(14-6-4-8-26-14)20-16(21)11-25-17(22)10-19-27(23,24)15-7-3-2-5-13(15)9-18/h2-8,12,19H,10-11H2,1H3,(H,20,21)/t12-/m0/s1. The maximum atomic E-state index is 12.2. The average molecular weight is 407 g/mol. The van der Waals surface area contributed by atoms with E-state index in [2.05, 4.69) is 10.0 Å². The zero-order valence-corrected chi connectivity index (χ0v) is 16.0. The Labute approximate surface area is 160 Å². The quantitative estimate of drug-likeness (QED) is 0.636. The van der Waals surface area contributed by atoms with Crippen molar-refractivity contribution in [3.8, 4) is 6.07 Å². The summed E-state index contributed by atoms with van der Waals surface area (Å²) in [7, 11) is -4.06. The van der Waals surface area contributed by atoms with E-state index >= 15 is 0 Å². The number of ether oxygens (including phenoxy) is 1. The number of esters is 1. The summed E-state index contributed by atoms with van der Waals surface area (Å²) in [4.78, 5) is 24.2. The van der Waals surface area contributed by atoms with Gasteiger partial charge in [0.05, 0.1) is 16.5 Å². The Balaban J connectivity index is 1.82. The van der Waals surface area contributed by atoms with Crippen LogP contribution in [0.2, 0.25) is 0 Å². The topological polar surface area (TPSA) is 125 Å². The number of rotatable bonds is 8. The van der Waals surface area contributed by atoms with E-state index < -0.39 is 35.1 Å². The summed E-state index contributed by atoms with van der Waals surface area (Å²) < 4.78 is 31.2. The van der Waals surface area contributed by atoms with Crippen molar-refractivity contribution >= 4 is 33.2 Å². The maximum absolute atomic E-state index is 12.2. The van der Waals surface area contributed by atoms with Gasteiger partial charge in [0.1, 0.15) is 12.6 Å². The molecule has 27 heavy (non-hydrogen) atoms. The number of hydrogen-bond donors (Lipinski definition) is 2. The van der Waals surface area contributed by atoms with Gasteiger partial charge in [-0.1, -0.05) is 18.2 Å². The number of carbonyl (C=O) groups is 2. The lowest BCUT2D eigenvalue weighted by Gasteiger charge is -2.12. The first-order valence-corrected chi connectivity index (χ1v) is 10.2. The zero-order valence-electron chi connectivity index (χ0n) is 14.3. The maximum Gasteiger partial charge on any atom is 0.321 e. The van der Waals surface area contributed by atoms with Crippen LogP contribution in [-0.4, -0.2) is 33.4 Å². The normalized spacial score (nSPS) is 12.0. The first-order valence-electron chi connectivity index (χ1n) is 7.80. The lowest BCUT2D eigenvalue weighted by molar-refractivity contribution is -0.147. The second kappa shape index (κ2) is 9.27. The van der Waals surface area contributed by atoms with Crippen LogP contribution in [0.1, 0.15) is 23.4 Å². The van der Waals surface area contributed by atoms with Gasteiger partial charge in [-0.05, 0) is 30.5 Å². The first kappa shape index (κ1) is 20.6. The Morgan fingerprint density at radius 3 is 2.67 bits per heavy atom. The molecule has 0 aliphatic carbocycles. The SMILES string of the molecule is C[C@H](NC(=O)COC(=O)CNS(=O)(=O)c1ccccc1C#N)c1cccs1. The van der Waals surface area contributed by atoms with Crippen molar-refractivity contribution in [3.63, 3.8) is 0 Å². The molecular formula is C17H17N3O5S2. The minimum Gasteiger partial charge on any atom is -0.455 e. The molecule has 2 aromatic rings. The molecule has 1 heterocycles. The third kappa shape index (κ3) is 5.89. The minimum atomic E-state index is -4.06. The van der Waals surface area contributed by atoms with Crippen LogP contribution < -0.4 is 10.0 Å². The van der Waals surface area contributed by atoms with Gasteiger partial charge in [-0.3, -0.25) is 9.59 Å². The van der Waals surface area contributed by atoms with Gasteiger partial charge >= 0.3 is 5.97 Å². The largest absolute Gasteiger partial charge is 0.455 e. The molecule has 0 aliphatic heterocycles. The van der Waals surface area contributed by atoms with Gasteiger partial charge in [0.2, 0.25) is 10.0 Å². The molecule has 10 heteroatoms. The third-order valence-corrected chi connectivity index (χ3v) is 5.93. The molecule has 0 bridgehead atoms. The summed E-state index contributed by atoms with van der Waals surface area (Å²) in [5, 5.41) is 13.5. The molecule has 0 aliphatic rings. The number of nitriles is 1. The number of hydrogen-bond acceptors (Lipinski definition) is 7. The van der Waals surface area contributed by atoms with Crippen molar-refractivity contribution in [1.82, 2.24) is 10.0 Å². The van der Waals surface area contributed by atoms with Crippen LogP contribution in [0.15, 0.2) is 46.7 Å². The van der Waals surface area contributed by atoms with E-state index in [-0.39, 0.29) is 16.5 Å². The smallest absolute Gasteiger partial charge is 0.321 e. The summed E-state index contributed by atoms with van der Waals surface area (Å²) in [5.74, 6) is -1.41. The van der Waals surface area contributed by atoms with E-state index in [0.29, 0.717) is 0 Å². The van der Waals surface area contributed by atoms with E-state index in [1.165, 1.54) is 35.6 Å². The van der Waals surface area contributed by atoms with Crippen LogP contribution in [0, 0.1) is 11.3 Å². The molecule has 1 amide bonds. The van der Waals surface area contributed by atoms with Crippen molar-refractivity contribution in [1.29, 1.82) is 5.26 Å². The Morgan fingerprint density at radius 2 is 2.00 bits per heavy atom. The van der Waals surface area contributed by atoms with Gasteiger partial charge in [0.15, 0.2) is 6.61 Å². The number of nitrogens with zero attached hydrogens (tertiary/aromatic N) is 1. The summed E-state index contributed by atoms with van der Waals surface area (Å²) in [6.45, 7) is 0.618. The van der Waals surface area contributed by atoms with Gasteiger partial charge in [-0.2, -0.15) is 9.98 Å². The first-order chi connectivity index (χ1) is 12.8. The molecule has 0 radical (unpaired) electrons. The van der Waals surface area contributed by atoms with Crippen molar-refractivity contribution in [3.05, 3.63) is 52.2 Å². The highest BCUT2D eigenvalue weighted by atomic mass is 32.2. The van der Waals surface area contributed by atoms with Gasteiger partial charge < -0.3 is 10.1 Å². The Bertz CT molecular complexity index is 949. The highest BCUT2D eigenvalue weighted by Crippen LogP contribution is 2.17. The van der Waals surface area contributed by atoms with Crippen LogP contribution >= 0.6 is 11.3 Å². The predicted molar refractivity (Wildman–Crippen MR) is 98.2 cm³/mol. The fourth-order valence-corrected chi connectivity index (χ4v) is 3.97. The number of amides is 1. The highest BCUT2D eigenvalue weighted by molar-refractivity contribution is 7.89. The number of thiophene rings is 1. The van der Waals surface area contributed by atoms with Crippen molar-refractivity contribution in [2.24, 2.45) is 0 Å².